The molecule has 0 aromatic carbocycles. The van der Waals surface area contributed by atoms with Crippen LogP contribution < -0.4 is 0 Å². The predicted octanol–water partition coefficient (Wildman–Crippen LogP) is -0.637. The van der Waals surface area contributed by atoms with Gasteiger partial charge in [-0.3, -0.25) is 4.79 Å². The number of sulfonamides is 1. The Kier molecular flexibility index (Phi) is 1.34. The van der Waals surface area contributed by atoms with Gasteiger partial charge in [0.25, 0.3) is 0 Å². The molecule has 0 spiro atoms. The first kappa shape index (κ1) is 7.24. The van der Waals surface area contributed by atoms with Gasteiger partial charge in [-0.2, -0.15) is 4.31 Å². The molecule has 2 fully saturated rings. The minimum absolute atomic E-state index is 0.123. The molecule has 2 aliphatic rings. The van der Waals surface area contributed by atoms with Gasteiger partial charge in [-0.15, -0.1) is 0 Å². The van der Waals surface area contributed by atoms with Gasteiger partial charge in [-0.1, -0.05) is 0 Å². The molecule has 0 aromatic heterocycles. The van der Waals surface area contributed by atoms with Crippen LogP contribution in [0.15, 0.2) is 0 Å². The summed E-state index contributed by atoms with van der Waals surface area (Å²) < 4.78 is 23.7. The summed E-state index contributed by atoms with van der Waals surface area (Å²) >= 11 is 0. The van der Waals surface area contributed by atoms with Crippen molar-refractivity contribution >= 4 is 15.8 Å². The number of nitrogens with zero attached hydrogens (tertiary/aromatic N) is 1. The number of carbonyl (C=O) groups is 1. The number of rotatable bonds is 0. The smallest absolute Gasteiger partial charge is 0.221 e. The highest BCUT2D eigenvalue weighted by molar-refractivity contribution is 7.90. The Bertz CT molecular complexity index is 295. The topological polar surface area (TPSA) is 54.5 Å². The van der Waals surface area contributed by atoms with Crippen LogP contribution in [0.5, 0.6) is 0 Å². The third-order valence-electron chi connectivity index (χ3n) is 2.26. The van der Waals surface area contributed by atoms with Gasteiger partial charge in [0.2, 0.25) is 10.0 Å². The second-order valence-electron chi connectivity index (χ2n) is 2.99. The summed E-state index contributed by atoms with van der Waals surface area (Å²) in [7, 11) is -3.19. The van der Waals surface area contributed by atoms with Crippen LogP contribution >= 0.6 is 0 Å². The van der Waals surface area contributed by atoms with Crippen molar-refractivity contribution in [2.75, 3.05) is 12.3 Å². The van der Waals surface area contributed by atoms with E-state index in [9.17, 15) is 13.2 Å². The fourth-order valence-corrected chi connectivity index (χ4v) is 3.49. The molecule has 0 radical (unpaired) electrons. The van der Waals surface area contributed by atoms with E-state index in [0.717, 1.165) is 12.8 Å². The van der Waals surface area contributed by atoms with Crippen LogP contribution in [0.1, 0.15) is 12.8 Å². The first-order valence-electron chi connectivity index (χ1n) is 3.63. The Labute approximate surface area is 65.2 Å². The summed E-state index contributed by atoms with van der Waals surface area (Å²) in [6.07, 6.45) is 1.55. The number of Topliss-reactive ketones (excluding diaryl/α,β-unsaturated/α-hetero) is 1. The fourth-order valence-electron chi connectivity index (χ4n) is 1.75. The maximum Gasteiger partial charge on any atom is 0.221 e. The van der Waals surface area contributed by atoms with E-state index in [1.807, 2.05) is 0 Å². The largest absolute Gasteiger partial charge is 0.297 e. The molecule has 0 unspecified atom stereocenters. The Morgan fingerprint density at radius 2 is 2.18 bits per heavy atom. The van der Waals surface area contributed by atoms with Crippen molar-refractivity contribution < 1.29 is 13.2 Å². The van der Waals surface area contributed by atoms with E-state index in [1.54, 1.807) is 0 Å². The minimum atomic E-state index is -3.19. The van der Waals surface area contributed by atoms with E-state index < -0.39 is 10.0 Å². The molecule has 4 nitrogen and oxygen atoms in total. The van der Waals surface area contributed by atoms with Crippen LogP contribution in [-0.4, -0.2) is 36.8 Å². The lowest BCUT2D eigenvalue weighted by molar-refractivity contribution is -0.118. The molecule has 2 saturated heterocycles. The molecule has 0 bridgehead atoms. The van der Waals surface area contributed by atoms with Gasteiger partial charge in [0, 0.05) is 6.54 Å². The average Bonchev–Trinajstić information content (AvgIpc) is 2.37. The van der Waals surface area contributed by atoms with Gasteiger partial charge >= 0.3 is 0 Å². The first-order valence-corrected chi connectivity index (χ1v) is 5.24. The highest BCUT2D eigenvalue weighted by Gasteiger charge is 2.46. The molecular formula is C6H9NO3S. The van der Waals surface area contributed by atoms with E-state index in [1.165, 1.54) is 4.31 Å². The van der Waals surface area contributed by atoms with Gasteiger partial charge in [-0.05, 0) is 12.8 Å². The van der Waals surface area contributed by atoms with Crippen molar-refractivity contribution in [1.29, 1.82) is 0 Å². The molecule has 2 heterocycles. The number of carbonyl (C=O) groups excluding carboxylic acids is 1. The summed E-state index contributed by atoms with van der Waals surface area (Å²) in [5.74, 6) is -0.389. The molecule has 0 saturated carbocycles. The van der Waals surface area contributed by atoms with Crippen LogP contribution in [0.4, 0.5) is 0 Å². The lowest BCUT2D eigenvalue weighted by Gasteiger charge is -2.09. The van der Waals surface area contributed by atoms with Crippen molar-refractivity contribution in [1.82, 2.24) is 4.31 Å². The molecule has 62 valence electrons. The summed E-state index contributed by atoms with van der Waals surface area (Å²) in [6, 6.07) is -0.306. The predicted molar refractivity (Wildman–Crippen MR) is 38.5 cm³/mol. The lowest BCUT2D eigenvalue weighted by atomic mass is 10.2. The van der Waals surface area contributed by atoms with Crippen LogP contribution in [-0.2, 0) is 14.8 Å². The summed E-state index contributed by atoms with van der Waals surface area (Å²) in [5, 5.41) is 0. The van der Waals surface area contributed by atoms with Crippen molar-refractivity contribution in [2.45, 2.75) is 18.9 Å². The van der Waals surface area contributed by atoms with Crippen molar-refractivity contribution in [3.05, 3.63) is 0 Å². The van der Waals surface area contributed by atoms with Crippen molar-refractivity contribution in [2.24, 2.45) is 0 Å². The molecule has 11 heavy (non-hydrogen) atoms. The van der Waals surface area contributed by atoms with E-state index in [-0.39, 0.29) is 17.6 Å². The third kappa shape index (κ3) is 0.911. The standard InChI is InChI=1S/C6H9NO3S/c8-6-4-11(9,10)7-3-1-2-5(6)7/h5H,1-4H2/t5-/m1/s1. The van der Waals surface area contributed by atoms with Crippen LogP contribution in [0.2, 0.25) is 0 Å². The number of hydrogen-bond acceptors (Lipinski definition) is 3. The third-order valence-corrected chi connectivity index (χ3v) is 4.06. The number of ketones is 1. The van der Waals surface area contributed by atoms with Gasteiger partial charge in [0.15, 0.2) is 5.78 Å². The molecular weight excluding hydrogens is 166 g/mol. The first-order chi connectivity index (χ1) is 5.11. The fraction of sp³-hybridized carbons (Fsp3) is 0.833. The molecule has 0 aromatic rings. The van der Waals surface area contributed by atoms with E-state index >= 15 is 0 Å². The van der Waals surface area contributed by atoms with E-state index in [2.05, 4.69) is 0 Å². The second-order valence-corrected chi connectivity index (χ2v) is 4.91. The number of fused-ring (bicyclic) bond motifs is 1. The summed E-state index contributed by atoms with van der Waals surface area (Å²) in [4.78, 5) is 11.1. The number of hydrogen-bond donors (Lipinski definition) is 0. The van der Waals surface area contributed by atoms with E-state index in [0.29, 0.717) is 6.54 Å². The Morgan fingerprint density at radius 1 is 1.45 bits per heavy atom. The normalized spacial score (nSPS) is 36.0. The monoisotopic (exact) mass is 175 g/mol. The average molecular weight is 175 g/mol. The van der Waals surface area contributed by atoms with Gasteiger partial charge in [0.1, 0.15) is 5.75 Å². The highest BCUT2D eigenvalue weighted by Crippen LogP contribution is 2.27. The van der Waals surface area contributed by atoms with Crippen molar-refractivity contribution in [3.8, 4) is 0 Å². The summed E-state index contributed by atoms with van der Waals surface area (Å²) in [5.41, 5.74) is 0. The maximum atomic E-state index is 11.2. The minimum Gasteiger partial charge on any atom is -0.297 e. The molecule has 1 atom stereocenters. The summed E-state index contributed by atoms with van der Waals surface area (Å²) in [6.45, 7) is 0.540. The molecule has 0 aliphatic carbocycles. The molecule has 5 heteroatoms. The van der Waals surface area contributed by atoms with E-state index in [4.69, 9.17) is 0 Å². The highest BCUT2D eigenvalue weighted by atomic mass is 32.2. The molecule has 0 N–H and O–H groups in total. The van der Waals surface area contributed by atoms with Gasteiger partial charge in [0.05, 0.1) is 6.04 Å². The Balaban J connectivity index is 2.42. The van der Waals surface area contributed by atoms with Crippen molar-refractivity contribution in [3.63, 3.8) is 0 Å². The molecule has 2 aliphatic heterocycles. The zero-order chi connectivity index (χ0) is 8.06. The van der Waals surface area contributed by atoms with Gasteiger partial charge < -0.3 is 0 Å². The van der Waals surface area contributed by atoms with Crippen LogP contribution in [0.25, 0.3) is 0 Å². The van der Waals surface area contributed by atoms with Gasteiger partial charge in [-0.25, -0.2) is 8.42 Å². The van der Waals surface area contributed by atoms with Crippen LogP contribution in [0.3, 0.4) is 0 Å². The Morgan fingerprint density at radius 3 is 2.82 bits per heavy atom. The van der Waals surface area contributed by atoms with Crippen LogP contribution in [0, 0.1) is 0 Å². The lowest BCUT2D eigenvalue weighted by Crippen LogP contribution is -2.28. The quantitative estimate of drug-likeness (QED) is 0.492. The Hall–Kier alpha value is -0.420. The zero-order valence-electron chi connectivity index (χ0n) is 5.99. The zero-order valence-corrected chi connectivity index (χ0v) is 6.80. The second kappa shape index (κ2) is 2.04. The SMILES string of the molecule is O=C1CS(=O)(=O)N2CCC[C@H]12. The molecule has 2 rings (SSSR count). The maximum absolute atomic E-state index is 11.2. The molecule has 0 amide bonds.